The Balaban J connectivity index is 2.04. The maximum Gasteiger partial charge on any atom is 0.225 e. The molecule has 0 aliphatic carbocycles. The first kappa shape index (κ1) is 23.3. The second-order valence-corrected chi connectivity index (χ2v) is 8.60. The Morgan fingerprint density at radius 2 is 1.70 bits per heavy atom. The molecule has 2 aromatic rings. The van der Waals surface area contributed by atoms with E-state index in [0.29, 0.717) is 16.5 Å². The van der Waals surface area contributed by atoms with Crippen LogP contribution in [0.15, 0.2) is 40.9 Å². The predicted octanol–water partition coefficient (Wildman–Crippen LogP) is 2.18. The van der Waals surface area contributed by atoms with Crippen molar-refractivity contribution in [1.29, 1.82) is 0 Å². The number of hydrogen-bond donors (Lipinski definition) is 4. The van der Waals surface area contributed by atoms with Gasteiger partial charge in [0.25, 0.3) is 0 Å². The lowest BCUT2D eigenvalue weighted by Gasteiger charge is -2.48. The fraction of sp³-hybridized carbons (Fsp3) is 0.478. The molecule has 0 bridgehead atoms. The average molecular weight is 481 g/mol. The number of methoxy groups -OCH3 is 1. The number of ether oxygens (including phenoxy) is 2. The highest BCUT2D eigenvalue weighted by Crippen LogP contribution is 2.43. The second kappa shape index (κ2) is 9.44. The summed E-state index contributed by atoms with van der Waals surface area (Å²) in [6.45, 7) is 3.58. The van der Waals surface area contributed by atoms with Crippen LogP contribution in [0.3, 0.4) is 0 Å². The molecule has 1 aliphatic heterocycles. The topological polar surface area (TPSA) is 99.4 Å². The summed E-state index contributed by atoms with van der Waals surface area (Å²) in [6, 6.07) is 12.2. The maximum absolute atomic E-state index is 10.8. The Bertz CT molecular complexity index is 869. The van der Waals surface area contributed by atoms with Gasteiger partial charge < -0.3 is 29.9 Å². The van der Waals surface area contributed by atoms with Crippen molar-refractivity contribution in [2.75, 3.05) is 13.7 Å². The Morgan fingerprint density at radius 1 is 1.07 bits per heavy atom. The molecule has 0 spiro atoms. The molecule has 4 N–H and O–H groups in total. The quantitative estimate of drug-likeness (QED) is 0.505. The molecule has 0 aromatic heterocycles. The van der Waals surface area contributed by atoms with E-state index in [1.54, 1.807) is 0 Å². The summed E-state index contributed by atoms with van der Waals surface area (Å²) in [5.41, 5.74) is 4.94. The molecule has 30 heavy (non-hydrogen) atoms. The van der Waals surface area contributed by atoms with Crippen molar-refractivity contribution in [1.82, 2.24) is 0 Å². The first-order chi connectivity index (χ1) is 14.3. The fourth-order valence-corrected chi connectivity index (χ4v) is 4.66. The van der Waals surface area contributed by atoms with Gasteiger partial charge in [0.2, 0.25) is 5.79 Å². The van der Waals surface area contributed by atoms with Gasteiger partial charge in [-0.2, -0.15) is 0 Å². The van der Waals surface area contributed by atoms with Gasteiger partial charge in [-0.15, -0.1) is 0 Å². The molecule has 1 aliphatic rings. The minimum absolute atomic E-state index is 0.479. The lowest BCUT2D eigenvalue weighted by Crippen LogP contribution is -2.64. The molecule has 3 rings (SSSR count). The molecule has 0 amide bonds. The minimum Gasteiger partial charge on any atom is -0.394 e. The molecule has 0 radical (unpaired) electrons. The van der Waals surface area contributed by atoms with E-state index in [0.717, 1.165) is 23.1 Å². The van der Waals surface area contributed by atoms with Crippen molar-refractivity contribution in [2.24, 2.45) is 0 Å². The van der Waals surface area contributed by atoms with Crippen LogP contribution in [0.1, 0.15) is 34.7 Å². The minimum atomic E-state index is -1.75. The summed E-state index contributed by atoms with van der Waals surface area (Å²) in [6.07, 6.45) is -4.01. The highest BCUT2D eigenvalue weighted by Gasteiger charge is 2.55. The molecule has 5 atom stereocenters. The smallest absolute Gasteiger partial charge is 0.225 e. The average Bonchev–Trinajstić information content (AvgIpc) is 2.75. The summed E-state index contributed by atoms with van der Waals surface area (Å²) < 4.78 is 12.1. The third kappa shape index (κ3) is 4.21. The van der Waals surface area contributed by atoms with Crippen LogP contribution in [0.25, 0.3) is 0 Å². The van der Waals surface area contributed by atoms with Crippen LogP contribution in [0.5, 0.6) is 0 Å². The molecule has 2 aromatic carbocycles. The lowest BCUT2D eigenvalue weighted by atomic mass is 9.86. The van der Waals surface area contributed by atoms with Crippen LogP contribution in [0, 0.1) is 6.92 Å². The van der Waals surface area contributed by atoms with Gasteiger partial charge in [0, 0.05) is 17.1 Å². The molecule has 1 fully saturated rings. The summed E-state index contributed by atoms with van der Waals surface area (Å²) in [4.78, 5) is 0. The predicted molar refractivity (Wildman–Crippen MR) is 116 cm³/mol. The van der Waals surface area contributed by atoms with Crippen molar-refractivity contribution in [3.8, 4) is 0 Å². The standard InChI is InChI=1S/C23H29BrO6/c1-4-14-5-7-15(8-6-14)10-16-11-17(18(24)9-13(16)2)23(29-3)22(28)21(27)20(26)19(12-25)30-23/h5-9,11,19-22,25-28H,4,10,12H2,1-3H3/t19?,20-,21?,22-,23?/m1/s1. The number of halogens is 1. The zero-order valence-electron chi connectivity index (χ0n) is 17.4. The van der Waals surface area contributed by atoms with Crippen LogP contribution < -0.4 is 0 Å². The molecule has 3 unspecified atom stereocenters. The molecular formula is C23H29BrO6. The first-order valence-electron chi connectivity index (χ1n) is 10.0. The van der Waals surface area contributed by atoms with Crippen molar-refractivity contribution < 1.29 is 29.9 Å². The molecule has 6 nitrogen and oxygen atoms in total. The van der Waals surface area contributed by atoms with Crippen LogP contribution in [-0.2, 0) is 28.1 Å². The number of aryl methyl sites for hydroxylation is 2. The molecule has 1 heterocycles. The van der Waals surface area contributed by atoms with Crippen LogP contribution in [0.4, 0.5) is 0 Å². The van der Waals surface area contributed by atoms with E-state index >= 15 is 0 Å². The maximum atomic E-state index is 10.8. The van der Waals surface area contributed by atoms with Gasteiger partial charge in [-0.1, -0.05) is 47.1 Å². The monoisotopic (exact) mass is 480 g/mol. The normalized spacial score (nSPS) is 29.2. The second-order valence-electron chi connectivity index (χ2n) is 7.74. The lowest BCUT2D eigenvalue weighted by molar-refractivity contribution is -0.366. The van der Waals surface area contributed by atoms with Crippen molar-refractivity contribution in [2.45, 2.75) is 56.9 Å². The summed E-state index contributed by atoms with van der Waals surface area (Å²) in [5, 5.41) is 40.9. The van der Waals surface area contributed by atoms with Gasteiger partial charge in [-0.3, -0.25) is 0 Å². The summed E-state index contributed by atoms with van der Waals surface area (Å²) in [7, 11) is 1.36. The SMILES string of the molecule is CCc1ccc(Cc2cc(C3(OC)OC(CO)[C@@H](O)C(O)[C@H]3O)c(Br)cc2C)cc1. The highest BCUT2D eigenvalue weighted by molar-refractivity contribution is 9.10. The Labute approximate surface area is 185 Å². The van der Waals surface area contributed by atoms with E-state index in [1.807, 2.05) is 19.1 Å². The van der Waals surface area contributed by atoms with Gasteiger partial charge in [0.1, 0.15) is 24.4 Å². The zero-order chi connectivity index (χ0) is 22.1. The van der Waals surface area contributed by atoms with E-state index in [9.17, 15) is 20.4 Å². The molecule has 7 heteroatoms. The van der Waals surface area contributed by atoms with E-state index < -0.39 is 36.8 Å². The largest absolute Gasteiger partial charge is 0.394 e. The summed E-state index contributed by atoms with van der Waals surface area (Å²) in [5.74, 6) is -1.75. The van der Waals surface area contributed by atoms with Gasteiger partial charge in [0.05, 0.1) is 6.61 Å². The van der Waals surface area contributed by atoms with E-state index in [4.69, 9.17) is 9.47 Å². The highest BCUT2D eigenvalue weighted by atomic mass is 79.9. The summed E-state index contributed by atoms with van der Waals surface area (Å²) >= 11 is 3.52. The number of hydrogen-bond acceptors (Lipinski definition) is 6. The first-order valence-corrected chi connectivity index (χ1v) is 10.8. The number of aliphatic hydroxyl groups is 4. The number of benzene rings is 2. The Kier molecular flexibility index (Phi) is 7.35. The molecule has 1 saturated heterocycles. The molecule has 164 valence electrons. The van der Waals surface area contributed by atoms with Crippen LogP contribution >= 0.6 is 15.9 Å². The van der Waals surface area contributed by atoms with Crippen molar-refractivity contribution in [3.63, 3.8) is 0 Å². The third-order valence-corrected chi connectivity index (χ3v) is 6.54. The van der Waals surface area contributed by atoms with Crippen molar-refractivity contribution in [3.05, 3.63) is 68.7 Å². The van der Waals surface area contributed by atoms with E-state index in [-0.39, 0.29) is 0 Å². The number of rotatable bonds is 6. The third-order valence-electron chi connectivity index (χ3n) is 5.88. The van der Waals surface area contributed by atoms with Crippen LogP contribution in [-0.4, -0.2) is 58.6 Å². The Hall–Kier alpha value is -1.32. The van der Waals surface area contributed by atoms with E-state index in [2.05, 4.69) is 47.1 Å². The van der Waals surface area contributed by atoms with Crippen molar-refractivity contribution >= 4 is 15.9 Å². The molecule has 0 saturated carbocycles. The van der Waals surface area contributed by atoms with Gasteiger partial charge in [-0.05, 0) is 54.2 Å². The number of aliphatic hydroxyl groups excluding tert-OH is 4. The Morgan fingerprint density at radius 3 is 2.27 bits per heavy atom. The van der Waals surface area contributed by atoms with Gasteiger partial charge in [-0.25, -0.2) is 0 Å². The van der Waals surface area contributed by atoms with Gasteiger partial charge >= 0.3 is 0 Å². The fourth-order valence-electron chi connectivity index (χ4n) is 3.93. The van der Waals surface area contributed by atoms with E-state index in [1.165, 1.54) is 12.7 Å². The molecular weight excluding hydrogens is 452 g/mol. The van der Waals surface area contributed by atoms with Crippen LogP contribution in [0.2, 0.25) is 0 Å². The zero-order valence-corrected chi connectivity index (χ0v) is 19.0. The van der Waals surface area contributed by atoms with Gasteiger partial charge in [0.15, 0.2) is 0 Å².